The number of carbonyl (C=O) groups is 1. The van der Waals surface area contributed by atoms with E-state index in [1.54, 1.807) is 11.3 Å². The normalized spacial score (nSPS) is 20.2. The number of fused-ring (bicyclic) bond motifs is 1. The standard InChI is InChI=1S/C14H23N3OS/c1-4-9-5-6-10-11(7-9)19-14(16-10)17-13(18)12(15)8(2)3/h8-9,12H,4-7,15H2,1-3H3,(H,16,17,18)/t9?,12-/m0/s1. The third kappa shape index (κ3) is 3.34. The first-order valence-corrected chi connectivity index (χ1v) is 7.88. The molecule has 0 spiro atoms. The molecule has 0 saturated heterocycles. The van der Waals surface area contributed by atoms with E-state index in [0.29, 0.717) is 5.13 Å². The Balaban J connectivity index is 2.04. The monoisotopic (exact) mass is 281 g/mol. The first-order chi connectivity index (χ1) is 9.01. The number of rotatable bonds is 4. The molecule has 2 rings (SSSR count). The van der Waals surface area contributed by atoms with Gasteiger partial charge in [0.15, 0.2) is 5.13 Å². The quantitative estimate of drug-likeness (QED) is 0.891. The number of nitrogens with zero attached hydrogens (tertiary/aromatic N) is 1. The van der Waals surface area contributed by atoms with Crippen molar-refractivity contribution >= 4 is 22.4 Å². The second-order valence-electron chi connectivity index (χ2n) is 5.67. The first kappa shape index (κ1) is 14.5. The Morgan fingerprint density at radius 1 is 1.58 bits per heavy atom. The molecule has 0 bridgehead atoms. The topological polar surface area (TPSA) is 68.0 Å². The molecule has 3 N–H and O–H groups in total. The number of aromatic nitrogens is 1. The van der Waals surface area contributed by atoms with Crippen LogP contribution in [-0.2, 0) is 17.6 Å². The van der Waals surface area contributed by atoms with Crippen molar-refractivity contribution in [1.82, 2.24) is 4.98 Å². The highest BCUT2D eigenvalue weighted by Gasteiger charge is 2.23. The van der Waals surface area contributed by atoms with E-state index in [0.717, 1.165) is 18.8 Å². The molecular weight excluding hydrogens is 258 g/mol. The number of aryl methyl sites for hydroxylation is 1. The number of nitrogens with one attached hydrogen (secondary N) is 1. The summed E-state index contributed by atoms with van der Waals surface area (Å²) in [4.78, 5) is 17.8. The molecular formula is C14H23N3OS. The van der Waals surface area contributed by atoms with E-state index in [1.165, 1.54) is 23.4 Å². The Labute approximate surface area is 118 Å². The summed E-state index contributed by atoms with van der Waals surface area (Å²) in [5.74, 6) is 0.779. The molecule has 2 atom stereocenters. The number of amides is 1. The van der Waals surface area contributed by atoms with Crippen LogP contribution in [0.1, 0.15) is 44.2 Å². The van der Waals surface area contributed by atoms with Gasteiger partial charge in [-0.05, 0) is 31.1 Å². The van der Waals surface area contributed by atoms with Crippen LogP contribution in [0.25, 0.3) is 0 Å². The molecule has 0 saturated carbocycles. The van der Waals surface area contributed by atoms with Crippen LogP contribution in [0.3, 0.4) is 0 Å². The van der Waals surface area contributed by atoms with E-state index >= 15 is 0 Å². The summed E-state index contributed by atoms with van der Waals surface area (Å²) in [6.07, 6.45) is 4.58. The maximum Gasteiger partial charge on any atom is 0.243 e. The fraction of sp³-hybridized carbons (Fsp3) is 0.714. The molecule has 1 aromatic heterocycles. The van der Waals surface area contributed by atoms with E-state index in [4.69, 9.17) is 5.73 Å². The fourth-order valence-corrected chi connectivity index (χ4v) is 3.46. The lowest BCUT2D eigenvalue weighted by atomic mass is 9.89. The van der Waals surface area contributed by atoms with Crippen molar-refractivity contribution in [3.8, 4) is 0 Å². The largest absolute Gasteiger partial charge is 0.320 e. The zero-order valence-corrected chi connectivity index (χ0v) is 12.7. The van der Waals surface area contributed by atoms with E-state index < -0.39 is 6.04 Å². The van der Waals surface area contributed by atoms with Gasteiger partial charge in [0.05, 0.1) is 11.7 Å². The lowest BCUT2D eigenvalue weighted by Gasteiger charge is -2.18. The van der Waals surface area contributed by atoms with Gasteiger partial charge in [-0.25, -0.2) is 4.98 Å². The van der Waals surface area contributed by atoms with Crippen LogP contribution >= 0.6 is 11.3 Å². The smallest absolute Gasteiger partial charge is 0.243 e. The predicted octanol–water partition coefficient (Wildman–Crippen LogP) is 2.58. The van der Waals surface area contributed by atoms with Crippen LogP contribution in [0, 0.1) is 11.8 Å². The third-order valence-electron chi connectivity index (χ3n) is 3.87. The summed E-state index contributed by atoms with van der Waals surface area (Å²) in [5, 5.41) is 3.57. The van der Waals surface area contributed by atoms with Crippen molar-refractivity contribution in [1.29, 1.82) is 0 Å². The van der Waals surface area contributed by atoms with E-state index in [-0.39, 0.29) is 11.8 Å². The second kappa shape index (κ2) is 6.01. The number of carbonyl (C=O) groups excluding carboxylic acids is 1. The minimum Gasteiger partial charge on any atom is -0.320 e. The van der Waals surface area contributed by atoms with Crippen LogP contribution in [0.4, 0.5) is 5.13 Å². The van der Waals surface area contributed by atoms with Gasteiger partial charge < -0.3 is 11.1 Å². The average Bonchev–Trinajstić information content (AvgIpc) is 2.78. The molecule has 5 heteroatoms. The SMILES string of the molecule is CCC1CCc2nc(NC(=O)[C@@H](N)C(C)C)sc2C1. The van der Waals surface area contributed by atoms with Gasteiger partial charge in [0.25, 0.3) is 0 Å². The molecule has 1 unspecified atom stereocenters. The minimum absolute atomic E-state index is 0.131. The maximum atomic E-state index is 11.9. The van der Waals surface area contributed by atoms with Crippen molar-refractivity contribution in [2.75, 3.05) is 5.32 Å². The molecule has 19 heavy (non-hydrogen) atoms. The van der Waals surface area contributed by atoms with Crippen LogP contribution < -0.4 is 11.1 Å². The Kier molecular flexibility index (Phi) is 4.58. The van der Waals surface area contributed by atoms with Gasteiger partial charge in [-0.15, -0.1) is 11.3 Å². The van der Waals surface area contributed by atoms with Gasteiger partial charge in [-0.3, -0.25) is 4.79 Å². The van der Waals surface area contributed by atoms with Gasteiger partial charge >= 0.3 is 0 Å². The van der Waals surface area contributed by atoms with Gasteiger partial charge in [-0.1, -0.05) is 27.2 Å². The lowest BCUT2D eigenvalue weighted by molar-refractivity contribution is -0.118. The molecule has 0 aromatic carbocycles. The first-order valence-electron chi connectivity index (χ1n) is 7.06. The van der Waals surface area contributed by atoms with Crippen molar-refractivity contribution in [2.45, 2.75) is 52.5 Å². The highest BCUT2D eigenvalue weighted by molar-refractivity contribution is 7.15. The molecule has 0 radical (unpaired) electrons. The number of nitrogens with two attached hydrogens (primary N) is 1. The molecule has 4 nitrogen and oxygen atoms in total. The molecule has 1 amide bonds. The second-order valence-corrected chi connectivity index (χ2v) is 6.75. The van der Waals surface area contributed by atoms with Crippen molar-refractivity contribution in [2.24, 2.45) is 17.6 Å². The molecule has 1 aromatic rings. The van der Waals surface area contributed by atoms with E-state index in [1.807, 2.05) is 13.8 Å². The molecule has 1 aliphatic carbocycles. The highest BCUT2D eigenvalue weighted by atomic mass is 32.1. The fourth-order valence-electron chi connectivity index (χ4n) is 2.34. The number of hydrogen-bond acceptors (Lipinski definition) is 4. The van der Waals surface area contributed by atoms with Crippen LogP contribution in [0.5, 0.6) is 0 Å². The summed E-state index contributed by atoms with van der Waals surface area (Å²) < 4.78 is 0. The molecule has 106 valence electrons. The van der Waals surface area contributed by atoms with Crippen LogP contribution in [0.15, 0.2) is 0 Å². The number of thiazole rings is 1. The van der Waals surface area contributed by atoms with Gasteiger partial charge in [0.1, 0.15) is 0 Å². The van der Waals surface area contributed by atoms with Crippen LogP contribution in [0.2, 0.25) is 0 Å². The van der Waals surface area contributed by atoms with E-state index in [2.05, 4.69) is 17.2 Å². The Bertz CT molecular complexity index is 456. The van der Waals surface area contributed by atoms with Gasteiger partial charge in [0, 0.05) is 4.88 Å². The maximum absolute atomic E-state index is 11.9. The molecule has 1 aliphatic rings. The van der Waals surface area contributed by atoms with Gasteiger partial charge in [-0.2, -0.15) is 0 Å². The zero-order chi connectivity index (χ0) is 14.0. The van der Waals surface area contributed by atoms with E-state index in [9.17, 15) is 4.79 Å². The Morgan fingerprint density at radius 2 is 2.32 bits per heavy atom. The molecule has 0 fully saturated rings. The van der Waals surface area contributed by atoms with Crippen LogP contribution in [-0.4, -0.2) is 16.9 Å². The highest BCUT2D eigenvalue weighted by Crippen LogP contribution is 2.33. The summed E-state index contributed by atoms with van der Waals surface area (Å²) in [7, 11) is 0. The Morgan fingerprint density at radius 3 is 2.95 bits per heavy atom. The predicted molar refractivity (Wildman–Crippen MR) is 79.4 cm³/mol. The summed E-state index contributed by atoms with van der Waals surface area (Å²) in [6, 6.07) is -0.468. The van der Waals surface area contributed by atoms with Crippen molar-refractivity contribution < 1.29 is 4.79 Å². The lowest BCUT2D eigenvalue weighted by Crippen LogP contribution is -2.39. The summed E-state index contributed by atoms with van der Waals surface area (Å²) >= 11 is 1.61. The number of hydrogen-bond donors (Lipinski definition) is 2. The zero-order valence-electron chi connectivity index (χ0n) is 11.9. The van der Waals surface area contributed by atoms with Crippen molar-refractivity contribution in [3.05, 3.63) is 10.6 Å². The summed E-state index contributed by atoms with van der Waals surface area (Å²) in [6.45, 7) is 6.13. The molecule has 1 heterocycles. The average molecular weight is 281 g/mol. The third-order valence-corrected chi connectivity index (χ3v) is 4.91. The summed E-state index contributed by atoms with van der Waals surface area (Å²) in [5.41, 5.74) is 7.01. The van der Waals surface area contributed by atoms with Gasteiger partial charge in [0.2, 0.25) is 5.91 Å². The Hall–Kier alpha value is -0.940. The minimum atomic E-state index is -0.468. The molecule has 0 aliphatic heterocycles. The van der Waals surface area contributed by atoms with Crippen molar-refractivity contribution in [3.63, 3.8) is 0 Å². The number of anilines is 1.